The maximum atomic E-state index is 9.98. The third-order valence-electron chi connectivity index (χ3n) is 0.472. The number of amides is 1. The van der Waals surface area contributed by atoms with Gasteiger partial charge in [-0.15, -0.1) is 4.41 Å². The molecule has 0 unspecified atom stereocenters. The Morgan fingerprint density at radius 1 is 1.88 bits per heavy atom. The molecule has 1 rings (SSSR count). The summed E-state index contributed by atoms with van der Waals surface area (Å²) in [7, 11) is 2.36. The molecule has 0 atom stereocenters. The van der Waals surface area contributed by atoms with Gasteiger partial charge in [0.25, 0.3) is 0 Å². The van der Waals surface area contributed by atoms with Crippen LogP contribution in [0.1, 0.15) is 0 Å². The Hall–Kier alpha value is -0.360. The minimum atomic E-state index is -1.03. The molecule has 0 fully saturated rings. The van der Waals surface area contributed by atoms with E-state index in [1.807, 2.05) is 0 Å². The second-order valence-electron chi connectivity index (χ2n) is 0.947. The van der Waals surface area contributed by atoms with Crippen molar-refractivity contribution in [2.75, 3.05) is 0 Å². The predicted octanol–water partition coefficient (Wildman–Crippen LogP) is 1.22. The zero-order valence-electron chi connectivity index (χ0n) is 3.64. The van der Waals surface area contributed by atoms with Gasteiger partial charge >= 0.3 is 6.09 Å². The third-order valence-corrected chi connectivity index (χ3v) is 2.07. The van der Waals surface area contributed by atoms with Crippen LogP contribution >= 0.6 is 21.8 Å². The van der Waals surface area contributed by atoms with Gasteiger partial charge in [0.05, 0.1) is 16.5 Å². The van der Waals surface area contributed by atoms with E-state index < -0.39 is 6.09 Å². The second kappa shape index (κ2) is 2.27. The summed E-state index contributed by atoms with van der Waals surface area (Å²) in [5.74, 6) is 0. The van der Waals surface area contributed by atoms with Crippen LogP contribution in [0.4, 0.5) is 4.79 Å². The summed E-state index contributed by atoms with van der Waals surface area (Å²) < 4.78 is 0.894. The molecule has 0 saturated heterocycles. The van der Waals surface area contributed by atoms with Crippen LogP contribution < -0.4 is 0 Å². The molecular weight excluding hydrogens is 148 g/mol. The van der Waals surface area contributed by atoms with Gasteiger partial charge in [0.2, 0.25) is 0 Å². The Morgan fingerprint density at radius 3 is 2.88 bits per heavy atom. The quantitative estimate of drug-likeness (QED) is 0.416. The summed E-state index contributed by atoms with van der Waals surface area (Å²) in [5.41, 5.74) is 1.47. The fourth-order valence-electron chi connectivity index (χ4n) is 0.223. The monoisotopic (exact) mass is 150 g/mol. The van der Waals surface area contributed by atoms with Crippen LogP contribution in [0.25, 0.3) is 0 Å². The molecule has 0 aliphatic carbocycles. The van der Waals surface area contributed by atoms with E-state index in [2.05, 4.69) is 5.10 Å². The zero-order chi connectivity index (χ0) is 5.98. The van der Waals surface area contributed by atoms with Crippen molar-refractivity contribution in [3.63, 3.8) is 0 Å². The van der Waals surface area contributed by atoms with Crippen LogP contribution in [0.2, 0.25) is 0 Å². The lowest BCUT2D eigenvalue weighted by molar-refractivity contribution is 0.177. The molecule has 1 aliphatic rings. The molecule has 0 aromatic rings. The highest BCUT2D eigenvalue weighted by molar-refractivity contribution is 8.81. The first-order valence-electron chi connectivity index (χ1n) is 1.69. The van der Waals surface area contributed by atoms with Crippen LogP contribution in [0.5, 0.6) is 0 Å². The minimum Gasteiger partial charge on any atom is -0.463 e. The van der Waals surface area contributed by atoms with Crippen molar-refractivity contribution in [3.05, 3.63) is 0 Å². The average Bonchev–Trinajstić information content (AvgIpc) is 2.12. The maximum absolute atomic E-state index is 9.98. The summed E-state index contributed by atoms with van der Waals surface area (Å²) in [6.45, 7) is 0. The van der Waals surface area contributed by atoms with Crippen molar-refractivity contribution in [1.29, 1.82) is 0 Å². The zero-order valence-corrected chi connectivity index (χ0v) is 5.28. The van der Waals surface area contributed by atoms with E-state index in [1.165, 1.54) is 16.3 Å². The third kappa shape index (κ3) is 1.07. The topological polar surface area (TPSA) is 52.9 Å². The largest absolute Gasteiger partial charge is 0.463 e. The molecule has 1 amide bonds. The molecule has 1 aliphatic heterocycles. The molecule has 0 radical (unpaired) electrons. The molecule has 0 aromatic heterocycles. The first kappa shape index (κ1) is 5.77. The summed E-state index contributed by atoms with van der Waals surface area (Å²) in [6, 6.07) is 0. The Labute approximate surface area is 53.5 Å². The Bertz CT molecular complexity index is 136. The SMILES string of the molecule is O=C(O)N1N=CSS1. The molecule has 8 heavy (non-hydrogen) atoms. The van der Waals surface area contributed by atoms with Crippen LogP contribution in [0.3, 0.4) is 0 Å². The van der Waals surface area contributed by atoms with Crippen LogP contribution in [-0.2, 0) is 0 Å². The molecular formula is C2H2N2O2S2. The fourth-order valence-corrected chi connectivity index (χ4v) is 1.47. The molecule has 0 saturated carbocycles. The molecule has 1 heterocycles. The molecule has 44 valence electrons. The Kier molecular flexibility index (Phi) is 1.64. The van der Waals surface area contributed by atoms with Gasteiger partial charge in [-0.25, -0.2) is 4.79 Å². The van der Waals surface area contributed by atoms with E-state index in [-0.39, 0.29) is 0 Å². The van der Waals surface area contributed by atoms with Gasteiger partial charge < -0.3 is 5.11 Å². The van der Waals surface area contributed by atoms with E-state index >= 15 is 0 Å². The lowest BCUT2D eigenvalue weighted by atomic mass is 11.2. The van der Waals surface area contributed by atoms with Crippen LogP contribution in [0.15, 0.2) is 5.10 Å². The van der Waals surface area contributed by atoms with Crippen molar-refractivity contribution >= 4 is 33.4 Å². The van der Waals surface area contributed by atoms with E-state index in [4.69, 9.17) is 5.11 Å². The van der Waals surface area contributed by atoms with E-state index in [1.54, 1.807) is 0 Å². The van der Waals surface area contributed by atoms with Crippen molar-refractivity contribution in [2.24, 2.45) is 5.10 Å². The highest BCUT2D eigenvalue weighted by atomic mass is 33.1. The van der Waals surface area contributed by atoms with Crippen molar-refractivity contribution in [3.8, 4) is 0 Å². The predicted molar refractivity (Wildman–Crippen MR) is 33.5 cm³/mol. The minimum absolute atomic E-state index is 0.894. The van der Waals surface area contributed by atoms with Gasteiger partial charge in [0.1, 0.15) is 0 Å². The lowest BCUT2D eigenvalue weighted by Crippen LogP contribution is -2.11. The standard InChI is InChI=1S/C2H2N2O2S2/c5-2(6)4-3-1-7-8-4/h1H,(H,5,6). The number of hydrogen-bond donors (Lipinski definition) is 1. The van der Waals surface area contributed by atoms with Crippen LogP contribution in [-0.4, -0.2) is 21.2 Å². The number of carboxylic acid groups (broad SMARTS) is 1. The normalized spacial score (nSPS) is 17.2. The Morgan fingerprint density at radius 2 is 2.62 bits per heavy atom. The number of rotatable bonds is 0. The van der Waals surface area contributed by atoms with Crippen LogP contribution in [0, 0.1) is 0 Å². The molecule has 0 bridgehead atoms. The van der Waals surface area contributed by atoms with E-state index in [0.717, 1.165) is 15.4 Å². The van der Waals surface area contributed by atoms with Gasteiger partial charge in [0.15, 0.2) is 0 Å². The van der Waals surface area contributed by atoms with Gasteiger partial charge in [-0.2, -0.15) is 5.10 Å². The van der Waals surface area contributed by atoms with E-state index in [0.29, 0.717) is 0 Å². The summed E-state index contributed by atoms with van der Waals surface area (Å²) in [5, 5.41) is 11.7. The van der Waals surface area contributed by atoms with Crippen molar-refractivity contribution in [2.45, 2.75) is 0 Å². The highest BCUT2D eigenvalue weighted by Gasteiger charge is 2.14. The smallest absolute Gasteiger partial charge is 0.439 e. The van der Waals surface area contributed by atoms with Crippen molar-refractivity contribution < 1.29 is 9.90 Å². The number of nitrogens with zero attached hydrogens (tertiary/aromatic N) is 2. The highest BCUT2D eigenvalue weighted by Crippen LogP contribution is 2.29. The lowest BCUT2D eigenvalue weighted by Gasteiger charge is -1.99. The number of hydrogen-bond acceptors (Lipinski definition) is 4. The van der Waals surface area contributed by atoms with Gasteiger partial charge in [-0.3, -0.25) is 0 Å². The summed E-state index contributed by atoms with van der Waals surface area (Å²) >= 11 is 0. The van der Waals surface area contributed by atoms with Crippen molar-refractivity contribution in [1.82, 2.24) is 4.41 Å². The van der Waals surface area contributed by atoms with Gasteiger partial charge in [-0.1, -0.05) is 0 Å². The first-order valence-corrected chi connectivity index (χ1v) is 3.86. The molecule has 6 heteroatoms. The van der Waals surface area contributed by atoms with Gasteiger partial charge in [0, 0.05) is 0 Å². The fraction of sp³-hybridized carbons (Fsp3) is 0. The molecule has 0 aromatic carbocycles. The number of hydrazone groups is 1. The second-order valence-corrected chi connectivity index (χ2v) is 2.87. The van der Waals surface area contributed by atoms with E-state index in [9.17, 15) is 4.79 Å². The summed E-state index contributed by atoms with van der Waals surface area (Å²) in [4.78, 5) is 9.98. The molecule has 4 nitrogen and oxygen atoms in total. The first-order chi connectivity index (χ1) is 3.80. The number of carbonyl (C=O) groups is 1. The van der Waals surface area contributed by atoms with Gasteiger partial charge in [-0.05, 0) is 10.8 Å². The molecule has 1 N–H and O–H groups in total. The average molecular weight is 150 g/mol. The summed E-state index contributed by atoms with van der Waals surface area (Å²) in [6.07, 6.45) is -1.03. The molecule has 0 spiro atoms. The Balaban J connectivity index is 2.48. The maximum Gasteiger partial charge on any atom is 0.439 e.